The van der Waals surface area contributed by atoms with Crippen molar-refractivity contribution in [2.75, 3.05) is 6.26 Å². The molecular formula is C28H32F4N4O2S. The van der Waals surface area contributed by atoms with Crippen LogP contribution >= 0.6 is 11.8 Å². The Morgan fingerprint density at radius 3 is 2.54 bits per heavy atom. The van der Waals surface area contributed by atoms with Crippen molar-refractivity contribution < 1.29 is 22.4 Å². The van der Waals surface area contributed by atoms with E-state index in [-0.39, 0.29) is 60.2 Å². The van der Waals surface area contributed by atoms with Crippen molar-refractivity contribution in [3.05, 3.63) is 63.2 Å². The molecule has 0 aliphatic heterocycles. The molecule has 6 nitrogen and oxygen atoms in total. The molecule has 0 radical (unpaired) electrons. The number of H-pyrrole nitrogens is 1. The summed E-state index contributed by atoms with van der Waals surface area (Å²) in [6.45, 7) is 3.54. The van der Waals surface area contributed by atoms with Crippen molar-refractivity contribution in [1.82, 2.24) is 20.2 Å². The molecule has 210 valence electrons. The van der Waals surface area contributed by atoms with Gasteiger partial charge in [0, 0.05) is 64.6 Å². The van der Waals surface area contributed by atoms with Crippen LogP contribution in [0.4, 0.5) is 17.6 Å². The monoisotopic (exact) mass is 564 g/mol. The lowest BCUT2D eigenvalue weighted by Crippen LogP contribution is -2.55. The van der Waals surface area contributed by atoms with Gasteiger partial charge < -0.3 is 20.2 Å². The van der Waals surface area contributed by atoms with Gasteiger partial charge in [0.2, 0.25) is 0 Å². The van der Waals surface area contributed by atoms with E-state index < -0.39 is 18.3 Å². The number of nitrogens with one attached hydrogen (secondary N) is 3. The molecule has 2 aliphatic carbocycles. The van der Waals surface area contributed by atoms with Crippen LogP contribution in [0.25, 0.3) is 10.9 Å². The van der Waals surface area contributed by atoms with E-state index in [1.807, 2.05) is 19.2 Å². The van der Waals surface area contributed by atoms with Gasteiger partial charge in [-0.1, -0.05) is 18.2 Å². The number of pyridine rings is 1. The molecule has 3 N–H and O–H groups in total. The van der Waals surface area contributed by atoms with E-state index in [4.69, 9.17) is 0 Å². The Labute approximate surface area is 227 Å². The second-order valence-electron chi connectivity index (χ2n) is 10.8. The normalized spacial score (nSPS) is 21.5. The summed E-state index contributed by atoms with van der Waals surface area (Å²) in [6, 6.07) is 8.21. The first-order chi connectivity index (χ1) is 18.5. The van der Waals surface area contributed by atoms with E-state index in [1.165, 1.54) is 11.8 Å². The lowest BCUT2D eigenvalue weighted by atomic mass is 9.74. The maximum absolute atomic E-state index is 14.7. The predicted octanol–water partition coefficient (Wildman–Crippen LogP) is 5.95. The molecule has 39 heavy (non-hydrogen) atoms. The number of hydrogen-bond acceptors (Lipinski definition) is 4. The maximum atomic E-state index is 14.7. The molecule has 0 saturated heterocycles. The van der Waals surface area contributed by atoms with Crippen LogP contribution in [-0.2, 0) is 6.54 Å². The van der Waals surface area contributed by atoms with E-state index in [1.54, 1.807) is 35.8 Å². The Hall–Kier alpha value is -2.79. The number of amides is 1. The summed E-state index contributed by atoms with van der Waals surface area (Å²) < 4.78 is 57.2. The zero-order valence-corrected chi connectivity index (χ0v) is 22.8. The summed E-state index contributed by atoms with van der Waals surface area (Å²) in [6.07, 6.45) is -0.0248. The number of thioether (sulfide) groups is 1. The molecule has 2 aliphatic rings. The minimum Gasteiger partial charge on any atom is -0.348 e. The van der Waals surface area contributed by atoms with Gasteiger partial charge in [-0.3, -0.25) is 9.59 Å². The van der Waals surface area contributed by atoms with Crippen molar-refractivity contribution in [2.45, 2.75) is 81.4 Å². The van der Waals surface area contributed by atoms with Gasteiger partial charge in [0.1, 0.15) is 0 Å². The number of aromatic amines is 1. The van der Waals surface area contributed by atoms with Gasteiger partial charge in [-0.25, -0.2) is 17.6 Å². The molecular weight excluding hydrogens is 532 g/mol. The number of fused-ring (bicyclic) bond motifs is 1. The molecule has 1 aromatic carbocycles. The third-order valence-electron chi connectivity index (χ3n) is 8.08. The largest absolute Gasteiger partial charge is 0.348 e. The van der Waals surface area contributed by atoms with Crippen LogP contribution in [0.5, 0.6) is 0 Å². The van der Waals surface area contributed by atoms with E-state index >= 15 is 0 Å². The van der Waals surface area contributed by atoms with Gasteiger partial charge >= 0.3 is 0 Å². The number of carbonyl (C=O) groups excluding carboxylic acids is 1. The van der Waals surface area contributed by atoms with Gasteiger partial charge in [-0.2, -0.15) is 0 Å². The van der Waals surface area contributed by atoms with E-state index in [0.29, 0.717) is 39.9 Å². The molecule has 2 heterocycles. The average Bonchev–Trinajstić information content (AvgIpc) is 3.19. The van der Waals surface area contributed by atoms with Gasteiger partial charge in [0.25, 0.3) is 23.8 Å². The van der Waals surface area contributed by atoms with Gasteiger partial charge in [0.05, 0.1) is 11.3 Å². The number of halogens is 4. The van der Waals surface area contributed by atoms with Crippen LogP contribution in [0.15, 0.2) is 40.0 Å². The highest BCUT2D eigenvalue weighted by Crippen LogP contribution is 2.44. The molecule has 1 atom stereocenters. The first kappa shape index (κ1) is 27.8. The lowest BCUT2D eigenvalue weighted by Gasteiger charge is -2.45. The van der Waals surface area contributed by atoms with E-state index in [9.17, 15) is 27.2 Å². The van der Waals surface area contributed by atoms with Crippen molar-refractivity contribution in [3.63, 3.8) is 0 Å². The average molecular weight is 565 g/mol. The number of rotatable bonds is 9. The molecule has 2 saturated carbocycles. The molecule has 3 aromatic rings. The van der Waals surface area contributed by atoms with Crippen LogP contribution in [0, 0.1) is 12.8 Å². The zero-order chi connectivity index (χ0) is 28.1. The first-order valence-electron chi connectivity index (χ1n) is 13.1. The molecule has 0 spiro atoms. The summed E-state index contributed by atoms with van der Waals surface area (Å²) in [7, 11) is 0. The lowest BCUT2D eigenvalue weighted by molar-refractivity contribution is -0.0981. The summed E-state index contributed by atoms with van der Waals surface area (Å²) in [5.74, 6) is -3.20. The topological polar surface area (TPSA) is 78.9 Å². The Morgan fingerprint density at radius 1 is 1.21 bits per heavy atom. The number of nitrogens with zero attached hydrogens (tertiary/aromatic N) is 1. The summed E-state index contributed by atoms with van der Waals surface area (Å²) >= 11 is 1.37. The third kappa shape index (κ3) is 5.35. The fraction of sp³-hybridized carbons (Fsp3) is 0.500. The van der Waals surface area contributed by atoms with E-state index in [2.05, 4.69) is 15.6 Å². The minimum atomic E-state index is -2.91. The number of carbonyl (C=O) groups is 1. The summed E-state index contributed by atoms with van der Waals surface area (Å²) in [5, 5.41) is 6.39. The molecule has 2 fully saturated rings. The SMILES string of the molecule is CSc1cc(C)[nH]c(=O)c1CNC(=O)c1c(C(F)F)n([C@H](C)C2CC(NC3CC(F)(F)C3)C2)c2ccccc12. The standard InChI is InChI=1S/C28H32F4N4O2S/c1-14-8-22(39-3)20(26(37)34-14)13-33-27(38)23-19-6-4-5-7-21(19)36(24(23)25(29)30)15(2)16-9-17(10-16)35-18-11-28(31,32)12-18/h4-8,15-18,25,35H,9-13H2,1-3H3,(H,33,38)(H,34,37)/t15-,16?,17?/m1/s1. The van der Waals surface area contributed by atoms with E-state index in [0.717, 1.165) is 0 Å². The molecule has 1 amide bonds. The van der Waals surface area contributed by atoms with Crippen molar-refractivity contribution in [1.29, 1.82) is 0 Å². The maximum Gasteiger partial charge on any atom is 0.279 e. The fourth-order valence-corrected chi connectivity index (χ4v) is 6.69. The molecule has 11 heteroatoms. The molecule has 0 unspecified atom stereocenters. The minimum absolute atomic E-state index is 0.0579. The van der Waals surface area contributed by atoms with Crippen LogP contribution in [0.1, 0.15) is 72.4 Å². The molecule has 2 aromatic heterocycles. The van der Waals surface area contributed by atoms with Crippen LogP contribution in [-0.4, -0.2) is 39.7 Å². The fourth-order valence-electron chi connectivity index (χ4n) is 5.98. The number of hydrogen-bond donors (Lipinski definition) is 3. The van der Waals surface area contributed by atoms with Gasteiger partial charge in [-0.05, 0) is 51.0 Å². The van der Waals surface area contributed by atoms with Gasteiger partial charge in [-0.15, -0.1) is 11.8 Å². The number of aromatic nitrogens is 2. The highest BCUT2D eigenvalue weighted by Gasteiger charge is 2.47. The van der Waals surface area contributed by atoms with Crippen molar-refractivity contribution >= 4 is 28.6 Å². The van der Waals surface area contributed by atoms with Crippen molar-refractivity contribution in [2.24, 2.45) is 5.92 Å². The van der Waals surface area contributed by atoms with Crippen LogP contribution in [0.2, 0.25) is 0 Å². The summed E-state index contributed by atoms with van der Waals surface area (Å²) in [4.78, 5) is 29.4. The van der Waals surface area contributed by atoms with Gasteiger partial charge in [0.15, 0.2) is 0 Å². The quantitative estimate of drug-likeness (QED) is 0.222. The van der Waals surface area contributed by atoms with Crippen molar-refractivity contribution in [3.8, 4) is 0 Å². The Bertz CT molecular complexity index is 1440. The van der Waals surface area contributed by atoms with Crippen LogP contribution in [0.3, 0.4) is 0 Å². The number of alkyl halides is 4. The number of benzene rings is 1. The number of aryl methyl sites for hydroxylation is 1. The highest BCUT2D eigenvalue weighted by molar-refractivity contribution is 7.98. The summed E-state index contributed by atoms with van der Waals surface area (Å²) in [5.41, 5.74) is 0.832. The highest BCUT2D eigenvalue weighted by atomic mass is 32.2. The molecule has 0 bridgehead atoms. The predicted molar refractivity (Wildman–Crippen MR) is 144 cm³/mol. The second-order valence-corrected chi connectivity index (χ2v) is 11.6. The first-order valence-corrected chi connectivity index (χ1v) is 14.3. The Balaban J connectivity index is 1.39. The smallest absolute Gasteiger partial charge is 0.279 e. The Morgan fingerprint density at radius 2 is 1.90 bits per heavy atom. The zero-order valence-electron chi connectivity index (χ0n) is 22.0. The van der Waals surface area contributed by atoms with Crippen LogP contribution < -0.4 is 16.2 Å². The number of para-hydroxylation sites is 1. The molecule has 5 rings (SSSR count). The Kier molecular flexibility index (Phi) is 7.58. The second kappa shape index (κ2) is 10.6. The third-order valence-corrected chi connectivity index (χ3v) is 8.89.